The number of thioether (sulfide) groups is 1. The number of rotatable bonds is 4. The largest absolute Gasteiger partial charge is 0.457 e. The number of amides is 1. The van der Waals surface area contributed by atoms with Gasteiger partial charge >= 0.3 is 4.93 Å². The number of aryl methyl sites for hydroxylation is 1. The van der Waals surface area contributed by atoms with E-state index in [9.17, 15) is 14.4 Å². The minimum absolute atomic E-state index is 0.246. The molecule has 0 bridgehead atoms. The average Bonchev–Trinajstić information content (AvgIpc) is 3.21. The molecule has 0 aromatic carbocycles. The van der Waals surface area contributed by atoms with Gasteiger partial charge in [0.1, 0.15) is 16.4 Å². The number of fused-ring (bicyclic) bond motifs is 4. The Hall–Kier alpha value is -3.20. The number of ether oxygens (including phenoxy) is 1. The van der Waals surface area contributed by atoms with Crippen molar-refractivity contribution in [3.63, 3.8) is 0 Å². The molecule has 0 fully saturated rings. The third-order valence-corrected chi connectivity index (χ3v) is 6.73. The number of anilines is 1. The zero-order valence-corrected chi connectivity index (χ0v) is 17.9. The summed E-state index contributed by atoms with van der Waals surface area (Å²) in [5.74, 6) is -0.422. The van der Waals surface area contributed by atoms with Crippen LogP contribution >= 0.6 is 11.8 Å². The van der Waals surface area contributed by atoms with Crippen molar-refractivity contribution in [2.24, 2.45) is 0 Å². The van der Waals surface area contributed by atoms with E-state index in [1.165, 1.54) is 4.90 Å². The summed E-state index contributed by atoms with van der Waals surface area (Å²) in [5.41, 5.74) is 0.491. The fourth-order valence-corrected chi connectivity index (χ4v) is 5.36. The van der Waals surface area contributed by atoms with Gasteiger partial charge < -0.3 is 4.74 Å². The van der Waals surface area contributed by atoms with Crippen LogP contribution in [0.1, 0.15) is 37.0 Å². The van der Waals surface area contributed by atoms with Crippen molar-refractivity contribution < 1.29 is 14.3 Å². The van der Waals surface area contributed by atoms with Crippen LogP contribution in [0.15, 0.2) is 46.3 Å². The average molecular weight is 436 g/mol. The Balaban J connectivity index is 1.74. The highest BCUT2D eigenvalue weighted by Crippen LogP contribution is 2.52. The Kier molecular flexibility index (Phi) is 4.58. The Morgan fingerprint density at radius 1 is 1.03 bits per heavy atom. The highest BCUT2D eigenvalue weighted by atomic mass is 32.2. The predicted molar refractivity (Wildman–Crippen MR) is 117 cm³/mol. The molecular weight excluding hydrogens is 416 g/mol. The molecule has 0 saturated heterocycles. The van der Waals surface area contributed by atoms with E-state index < -0.39 is 16.6 Å². The van der Waals surface area contributed by atoms with Gasteiger partial charge in [-0.15, -0.1) is 0 Å². The summed E-state index contributed by atoms with van der Waals surface area (Å²) in [7, 11) is 0. The number of nitrogens with zero attached hydrogens (tertiary/aromatic N) is 4. The molecular formula is C22H20N4O4S. The van der Waals surface area contributed by atoms with Gasteiger partial charge in [-0.25, -0.2) is 9.97 Å². The van der Waals surface area contributed by atoms with E-state index in [0.29, 0.717) is 41.9 Å². The summed E-state index contributed by atoms with van der Waals surface area (Å²) in [4.78, 5) is 49.1. The molecule has 1 spiro atoms. The van der Waals surface area contributed by atoms with Gasteiger partial charge in [-0.2, -0.15) is 0 Å². The molecule has 1 amide bonds. The summed E-state index contributed by atoms with van der Waals surface area (Å²) < 4.78 is 7.75. The Morgan fingerprint density at radius 3 is 2.55 bits per heavy atom. The first-order chi connectivity index (χ1) is 15.0. The molecule has 0 radical (unpaired) electrons. The van der Waals surface area contributed by atoms with Crippen LogP contribution in [0, 0.1) is 0 Å². The molecule has 9 heteroatoms. The normalized spacial score (nSPS) is 19.6. The first-order valence-electron chi connectivity index (χ1n) is 10.2. The van der Waals surface area contributed by atoms with Crippen LogP contribution in [0.3, 0.4) is 0 Å². The minimum atomic E-state index is -1.87. The smallest absolute Gasteiger partial charge is 0.300 e. The second-order valence-electron chi connectivity index (χ2n) is 7.47. The first-order valence-corrected chi connectivity index (χ1v) is 11.1. The maximum absolute atomic E-state index is 13.6. The second kappa shape index (κ2) is 7.19. The van der Waals surface area contributed by atoms with Crippen molar-refractivity contribution in [2.75, 3.05) is 11.4 Å². The number of aromatic nitrogens is 3. The lowest BCUT2D eigenvalue weighted by atomic mass is 9.99. The molecule has 3 aromatic rings. The standard InChI is InChI=1S/C22H20N4O4S/c1-3-11-25-18-13(7-5-9-23-18)15-16(20(25)28)31-22(30-15)17(27)14-8-6-10-24-19(14)26(12-4-2)21(22)29/h5-10H,3-4,11-12H2,1-2H3. The van der Waals surface area contributed by atoms with Gasteiger partial charge in [-0.05, 0) is 37.1 Å². The van der Waals surface area contributed by atoms with Crippen LogP contribution in [0.5, 0.6) is 5.75 Å². The molecule has 0 saturated carbocycles. The molecule has 1 atom stereocenters. The number of carbonyl (C=O) groups is 2. The molecule has 8 nitrogen and oxygen atoms in total. The molecule has 1 unspecified atom stereocenters. The molecule has 5 heterocycles. The molecule has 0 aliphatic carbocycles. The Labute approximate surface area is 182 Å². The van der Waals surface area contributed by atoms with Crippen molar-refractivity contribution >= 4 is 40.3 Å². The molecule has 3 aromatic heterocycles. The van der Waals surface area contributed by atoms with Gasteiger partial charge in [-0.3, -0.25) is 23.9 Å². The zero-order chi connectivity index (χ0) is 21.8. The highest BCUT2D eigenvalue weighted by Gasteiger charge is 2.61. The van der Waals surface area contributed by atoms with Crippen LogP contribution in [0.2, 0.25) is 0 Å². The number of carbonyl (C=O) groups excluding carboxylic acids is 2. The minimum Gasteiger partial charge on any atom is -0.457 e. The molecule has 2 aliphatic rings. The lowest BCUT2D eigenvalue weighted by Gasteiger charge is -2.36. The third-order valence-electron chi connectivity index (χ3n) is 5.43. The van der Waals surface area contributed by atoms with E-state index in [4.69, 9.17) is 4.74 Å². The van der Waals surface area contributed by atoms with Gasteiger partial charge in [0.25, 0.3) is 11.5 Å². The van der Waals surface area contributed by atoms with Crippen LogP contribution in [0.25, 0.3) is 11.0 Å². The Morgan fingerprint density at radius 2 is 1.77 bits per heavy atom. The van der Waals surface area contributed by atoms with E-state index in [0.717, 1.165) is 18.2 Å². The molecule has 31 heavy (non-hydrogen) atoms. The lowest BCUT2D eigenvalue weighted by molar-refractivity contribution is -0.125. The quantitative estimate of drug-likeness (QED) is 0.580. The number of hydrogen-bond acceptors (Lipinski definition) is 7. The zero-order valence-electron chi connectivity index (χ0n) is 17.1. The van der Waals surface area contributed by atoms with E-state index >= 15 is 0 Å². The molecule has 5 rings (SSSR count). The van der Waals surface area contributed by atoms with Crippen LogP contribution in [-0.2, 0) is 11.3 Å². The summed E-state index contributed by atoms with van der Waals surface area (Å²) in [6, 6.07) is 6.84. The topological polar surface area (TPSA) is 94.4 Å². The summed E-state index contributed by atoms with van der Waals surface area (Å²) in [5, 5.41) is 0.606. The summed E-state index contributed by atoms with van der Waals surface area (Å²) >= 11 is 0.898. The van der Waals surface area contributed by atoms with E-state index in [2.05, 4.69) is 9.97 Å². The lowest BCUT2D eigenvalue weighted by Crippen LogP contribution is -2.58. The monoisotopic (exact) mass is 436 g/mol. The van der Waals surface area contributed by atoms with Crippen LogP contribution in [0.4, 0.5) is 5.82 Å². The maximum atomic E-state index is 13.6. The molecule has 158 valence electrons. The molecule has 2 aliphatic heterocycles. The third kappa shape index (κ3) is 2.65. The van der Waals surface area contributed by atoms with Gasteiger partial charge in [-0.1, -0.05) is 25.6 Å². The number of Topliss-reactive ketones (excluding diaryl/α,β-unsaturated/α-hetero) is 1. The van der Waals surface area contributed by atoms with Crippen LogP contribution in [-0.4, -0.2) is 37.7 Å². The summed E-state index contributed by atoms with van der Waals surface area (Å²) in [6.07, 6.45) is 4.59. The number of hydrogen-bond donors (Lipinski definition) is 0. The van der Waals surface area contributed by atoms with Gasteiger partial charge in [0, 0.05) is 25.5 Å². The second-order valence-corrected chi connectivity index (χ2v) is 8.66. The number of ketones is 1. The highest BCUT2D eigenvalue weighted by molar-refractivity contribution is 8.02. The SMILES string of the molecule is CCCN1C(=O)C2(Oc3c(c(=O)n(CCC)c4ncccc34)S2)C(=O)c2cccnc21. The van der Waals surface area contributed by atoms with E-state index in [-0.39, 0.29) is 16.2 Å². The van der Waals surface area contributed by atoms with Crippen molar-refractivity contribution in [1.82, 2.24) is 14.5 Å². The van der Waals surface area contributed by atoms with Crippen LogP contribution < -0.4 is 15.2 Å². The fraction of sp³-hybridized carbons (Fsp3) is 0.318. The van der Waals surface area contributed by atoms with Gasteiger partial charge in [0.2, 0.25) is 5.78 Å². The van der Waals surface area contributed by atoms with Gasteiger partial charge in [0.15, 0.2) is 5.75 Å². The fourth-order valence-electron chi connectivity index (χ4n) is 4.11. The van der Waals surface area contributed by atoms with E-state index in [1.807, 2.05) is 13.8 Å². The van der Waals surface area contributed by atoms with Crippen molar-refractivity contribution in [3.8, 4) is 5.75 Å². The maximum Gasteiger partial charge on any atom is 0.300 e. The van der Waals surface area contributed by atoms with Gasteiger partial charge in [0.05, 0.1) is 10.9 Å². The molecule has 0 N–H and O–H groups in total. The van der Waals surface area contributed by atoms with Crippen molar-refractivity contribution in [3.05, 3.63) is 52.6 Å². The van der Waals surface area contributed by atoms with Crippen molar-refractivity contribution in [2.45, 2.75) is 43.1 Å². The summed E-state index contributed by atoms with van der Waals surface area (Å²) in [6.45, 7) is 4.78. The first kappa shape index (κ1) is 19.7. The van der Waals surface area contributed by atoms with Crippen molar-refractivity contribution in [1.29, 1.82) is 0 Å². The number of pyridine rings is 3. The predicted octanol–water partition coefficient (Wildman–Crippen LogP) is 3.02. The van der Waals surface area contributed by atoms with E-state index in [1.54, 1.807) is 41.2 Å². The Bertz CT molecular complexity index is 1300.